The van der Waals surface area contributed by atoms with Crippen molar-refractivity contribution in [3.8, 4) is 0 Å². The molecule has 0 aliphatic carbocycles. The Hall–Kier alpha value is -2.38. The van der Waals surface area contributed by atoms with Crippen molar-refractivity contribution in [1.82, 2.24) is 5.32 Å². The molecule has 534 valence electrons. The summed E-state index contributed by atoms with van der Waals surface area (Å²) in [5.41, 5.74) is 0. The maximum absolute atomic E-state index is 13.0. The maximum atomic E-state index is 13.0. The highest BCUT2D eigenvalue weighted by molar-refractivity contribution is 5.76. The molecule has 1 aliphatic heterocycles. The molecule has 0 spiro atoms. The highest BCUT2D eigenvalue weighted by Gasteiger charge is 2.44. The molecule has 0 aromatic carbocycles. The van der Waals surface area contributed by atoms with E-state index >= 15 is 0 Å². The van der Waals surface area contributed by atoms with Gasteiger partial charge in [0.2, 0.25) is 5.91 Å². The zero-order chi connectivity index (χ0) is 65.8. The minimum absolute atomic E-state index is 0.00289. The molecule has 1 amide bonds. The Bertz CT molecular complexity index is 1650. The first kappa shape index (κ1) is 86.6. The second kappa shape index (κ2) is 69.0. The smallest absolute Gasteiger partial charge is 0.305 e. The summed E-state index contributed by atoms with van der Waals surface area (Å²) in [4.78, 5) is 25.1. The molecule has 1 fully saturated rings. The number of amides is 1. The van der Waals surface area contributed by atoms with Gasteiger partial charge in [0, 0.05) is 12.8 Å². The van der Waals surface area contributed by atoms with Crippen LogP contribution >= 0.6 is 0 Å². The highest BCUT2D eigenvalue weighted by atomic mass is 16.7. The van der Waals surface area contributed by atoms with Crippen LogP contribution in [0.25, 0.3) is 0 Å². The minimum Gasteiger partial charge on any atom is -0.466 e. The Morgan fingerprint density at radius 2 is 0.736 bits per heavy atom. The Labute approximate surface area is 561 Å². The van der Waals surface area contributed by atoms with Crippen LogP contribution in [0.3, 0.4) is 0 Å². The van der Waals surface area contributed by atoms with Crippen LogP contribution in [0.4, 0.5) is 0 Å². The first-order valence-corrected chi connectivity index (χ1v) is 39.4. The van der Waals surface area contributed by atoms with Gasteiger partial charge < -0.3 is 45.1 Å². The Balaban J connectivity index is 1.85. The van der Waals surface area contributed by atoms with Gasteiger partial charge >= 0.3 is 5.97 Å². The Morgan fingerprint density at radius 1 is 0.407 bits per heavy atom. The third kappa shape index (κ3) is 57.6. The van der Waals surface area contributed by atoms with Crippen LogP contribution in [0.2, 0.25) is 0 Å². The van der Waals surface area contributed by atoms with Gasteiger partial charge in [0.1, 0.15) is 24.4 Å². The number of aliphatic hydroxyl groups excluding tert-OH is 5. The van der Waals surface area contributed by atoms with Gasteiger partial charge in [-0.05, 0) is 89.9 Å². The maximum Gasteiger partial charge on any atom is 0.305 e. The van der Waals surface area contributed by atoms with E-state index in [0.717, 1.165) is 64.2 Å². The normalized spacial score (nSPS) is 17.8. The Morgan fingerprint density at radius 3 is 1.14 bits per heavy atom. The highest BCUT2D eigenvalue weighted by Crippen LogP contribution is 2.24. The van der Waals surface area contributed by atoms with Crippen molar-refractivity contribution in [2.75, 3.05) is 19.8 Å². The molecule has 1 heterocycles. The van der Waals surface area contributed by atoms with Crippen molar-refractivity contribution in [2.45, 2.75) is 429 Å². The minimum atomic E-state index is -1.57. The van der Waals surface area contributed by atoms with E-state index in [4.69, 9.17) is 14.2 Å². The van der Waals surface area contributed by atoms with E-state index in [-0.39, 0.29) is 18.5 Å². The van der Waals surface area contributed by atoms with Crippen LogP contribution in [0.5, 0.6) is 0 Å². The number of aliphatic hydroxyl groups is 5. The van der Waals surface area contributed by atoms with E-state index in [2.05, 4.69) is 55.6 Å². The van der Waals surface area contributed by atoms with Crippen LogP contribution in [-0.4, -0.2) is 100 Å². The fourth-order valence-electron chi connectivity index (χ4n) is 12.5. The molecule has 6 N–H and O–H groups in total. The number of rotatable bonds is 70. The van der Waals surface area contributed by atoms with Crippen molar-refractivity contribution in [1.29, 1.82) is 0 Å². The molecule has 1 aliphatic rings. The van der Waals surface area contributed by atoms with Gasteiger partial charge in [-0.3, -0.25) is 9.59 Å². The molecule has 0 aromatic rings. The molecule has 1 saturated heterocycles. The molecule has 11 heteroatoms. The molecule has 0 saturated carbocycles. The summed E-state index contributed by atoms with van der Waals surface area (Å²) in [7, 11) is 0. The Kier molecular flexibility index (Phi) is 65.7. The first-order valence-electron chi connectivity index (χ1n) is 39.4. The number of carbonyl (C=O) groups excluding carboxylic acids is 2. The average Bonchev–Trinajstić information content (AvgIpc) is 3.73. The number of hydrogen-bond donors (Lipinski definition) is 6. The van der Waals surface area contributed by atoms with Crippen LogP contribution in [0.1, 0.15) is 386 Å². The molecule has 1 rings (SSSR count). The summed E-state index contributed by atoms with van der Waals surface area (Å²) in [5.74, 6) is -0.175. The third-order valence-corrected chi connectivity index (χ3v) is 18.7. The monoisotopic (exact) mass is 1280 g/mol. The molecule has 7 unspecified atom stereocenters. The topological polar surface area (TPSA) is 175 Å². The quantitative estimate of drug-likeness (QED) is 0.0195. The molecule has 11 nitrogen and oxygen atoms in total. The van der Waals surface area contributed by atoms with Crippen molar-refractivity contribution >= 4 is 11.9 Å². The van der Waals surface area contributed by atoms with E-state index in [1.165, 1.54) is 295 Å². The summed E-state index contributed by atoms with van der Waals surface area (Å²) in [6, 6.07) is -0.805. The predicted molar refractivity (Wildman–Crippen MR) is 384 cm³/mol. The molecule has 0 radical (unpaired) electrons. The molecule has 91 heavy (non-hydrogen) atoms. The van der Waals surface area contributed by atoms with E-state index in [9.17, 15) is 35.1 Å². The van der Waals surface area contributed by atoms with Crippen molar-refractivity contribution in [3.05, 3.63) is 48.6 Å². The lowest BCUT2D eigenvalue weighted by atomic mass is 9.99. The second-order valence-electron chi connectivity index (χ2n) is 27.4. The summed E-state index contributed by atoms with van der Waals surface area (Å²) < 4.78 is 16.7. The second-order valence-corrected chi connectivity index (χ2v) is 27.4. The fraction of sp³-hybridized carbons (Fsp3) is 0.875. The van der Waals surface area contributed by atoms with Gasteiger partial charge in [0.05, 0.1) is 32.0 Å². The molecular weight excluding hydrogens is 1130 g/mol. The number of hydrogen-bond acceptors (Lipinski definition) is 10. The number of nitrogens with one attached hydrogen (secondary N) is 1. The van der Waals surface area contributed by atoms with Crippen molar-refractivity contribution in [2.24, 2.45) is 0 Å². The van der Waals surface area contributed by atoms with Crippen molar-refractivity contribution in [3.63, 3.8) is 0 Å². The number of ether oxygens (including phenoxy) is 3. The first-order chi connectivity index (χ1) is 44.7. The van der Waals surface area contributed by atoms with Gasteiger partial charge in [-0.25, -0.2) is 0 Å². The largest absolute Gasteiger partial charge is 0.466 e. The van der Waals surface area contributed by atoms with Crippen LogP contribution in [0.15, 0.2) is 48.6 Å². The fourth-order valence-corrected chi connectivity index (χ4v) is 12.5. The molecule has 0 aromatic heterocycles. The summed E-state index contributed by atoms with van der Waals surface area (Å²) in [6.07, 6.45) is 81.6. The number of unbranched alkanes of at least 4 members (excludes halogenated alkanes) is 50. The lowest BCUT2D eigenvalue weighted by molar-refractivity contribution is -0.302. The van der Waals surface area contributed by atoms with Gasteiger partial charge in [-0.15, -0.1) is 0 Å². The summed E-state index contributed by atoms with van der Waals surface area (Å²) in [5, 5.41) is 54.3. The van der Waals surface area contributed by atoms with Gasteiger partial charge in [0.25, 0.3) is 0 Å². The van der Waals surface area contributed by atoms with Crippen molar-refractivity contribution < 1.29 is 49.3 Å². The average molecular weight is 1290 g/mol. The molecular formula is C80H149NO10. The third-order valence-electron chi connectivity index (χ3n) is 18.7. The van der Waals surface area contributed by atoms with E-state index < -0.39 is 49.5 Å². The lowest BCUT2D eigenvalue weighted by Crippen LogP contribution is -2.60. The SMILES string of the molecule is CCCCC/C=C\C/C=C\CCCCCCCC(=O)OCCCCCCCCCCCCCCCCCCCC/C=C\CCCCCCCCCCCCCCCCCCCC(=O)NC(COC1OC(CO)C(O)C(O)C1O)C(O)/C=C/CCCCCCCCC. The van der Waals surface area contributed by atoms with Crippen LogP contribution in [0, 0.1) is 0 Å². The van der Waals surface area contributed by atoms with E-state index in [0.29, 0.717) is 19.4 Å². The number of allylic oxidation sites excluding steroid dienone is 7. The molecule has 0 bridgehead atoms. The summed E-state index contributed by atoms with van der Waals surface area (Å²) in [6.45, 7) is 4.32. The number of carbonyl (C=O) groups is 2. The summed E-state index contributed by atoms with van der Waals surface area (Å²) >= 11 is 0. The van der Waals surface area contributed by atoms with Gasteiger partial charge in [-0.1, -0.05) is 332 Å². The van der Waals surface area contributed by atoms with Crippen LogP contribution in [-0.2, 0) is 23.8 Å². The zero-order valence-corrected chi connectivity index (χ0v) is 59.6. The van der Waals surface area contributed by atoms with E-state index in [1.807, 2.05) is 6.08 Å². The van der Waals surface area contributed by atoms with E-state index in [1.54, 1.807) is 6.08 Å². The van der Waals surface area contributed by atoms with Crippen LogP contribution < -0.4 is 5.32 Å². The predicted octanol–water partition coefficient (Wildman–Crippen LogP) is 21.1. The number of esters is 1. The zero-order valence-electron chi connectivity index (χ0n) is 59.6. The van der Waals surface area contributed by atoms with Gasteiger partial charge in [-0.2, -0.15) is 0 Å². The standard InChI is InChI=1S/C80H149NO10/c1-3-5-7-9-11-13-14-15-41-45-48-52-56-60-64-68-76(85)89-69-65-61-57-53-49-46-43-40-38-36-34-32-30-28-26-24-22-20-18-16-17-19-21-23-25-27-29-31-33-35-37-39-42-44-47-51-55-59-63-67-75(84)81-72(73(83)66-62-58-54-50-12-10-8-6-4-2)71-90-80-79(88)78(87)77(86)74(70-82)91-80/h11,13,15-17,41,62,66,72-74,77-80,82-83,86-88H,3-10,12,14,18-40,42-61,63-65,67-71H2,1-2H3,(H,81,84)/b13-11-,17-16-,41-15-,66-62+. The molecule has 7 atom stereocenters. The van der Waals surface area contributed by atoms with Gasteiger partial charge in [0.15, 0.2) is 6.29 Å². The lowest BCUT2D eigenvalue weighted by Gasteiger charge is -2.40.